The van der Waals surface area contributed by atoms with E-state index in [2.05, 4.69) is 26.2 Å². The Balaban J connectivity index is 2.40. The molecular formula is C11H8BrF3N4. The zero-order valence-corrected chi connectivity index (χ0v) is 10.9. The molecule has 0 saturated heterocycles. The molecule has 0 fully saturated rings. The first-order chi connectivity index (χ1) is 9.01. The Morgan fingerprint density at radius 1 is 1.05 bits per heavy atom. The van der Waals surface area contributed by atoms with Crippen LogP contribution in [0, 0.1) is 17.5 Å². The number of hydrazine groups is 1. The summed E-state index contributed by atoms with van der Waals surface area (Å²) in [5.74, 6) is 2.09. The number of anilines is 3. The average molecular weight is 333 g/mol. The number of benzene rings is 1. The molecule has 100 valence electrons. The molecule has 4 N–H and O–H groups in total. The molecule has 0 spiro atoms. The molecule has 1 aromatic heterocycles. The number of halogens is 4. The summed E-state index contributed by atoms with van der Waals surface area (Å²) in [4.78, 5) is 3.62. The fraction of sp³-hybridized carbons (Fsp3) is 0. The van der Waals surface area contributed by atoms with Gasteiger partial charge in [-0.3, -0.25) is 0 Å². The van der Waals surface area contributed by atoms with Gasteiger partial charge in [0.25, 0.3) is 0 Å². The topological polar surface area (TPSA) is 63.0 Å². The molecule has 2 rings (SSSR count). The predicted molar refractivity (Wildman–Crippen MR) is 69.3 cm³/mol. The molecule has 0 radical (unpaired) electrons. The Labute approximate surface area is 114 Å². The number of nitrogens with two attached hydrogens (primary N) is 1. The summed E-state index contributed by atoms with van der Waals surface area (Å²) in [6.07, 6.45) is 0. The minimum Gasteiger partial charge on any atom is -0.337 e. The second-order valence-corrected chi connectivity index (χ2v) is 4.40. The van der Waals surface area contributed by atoms with Crippen molar-refractivity contribution < 1.29 is 13.2 Å². The monoisotopic (exact) mass is 332 g/mol. The predicted octanol–water partition coefficient (Wildman–Crippen LogP) is 3.29. The number of aromatic nitrogens is 1. The van der Waals surface area contributed by atoms with E-state index in [0.717, 1.165) is 6.07 Å². The van der Waals surface area contributed by atoms with Crippen LogP contribution >= 0.6 is 15.9 Å². The van der Waals surface area contributed by atoms with E-state index in [9.17, 15) is 13.2 Å². The number of hydrogen-bond acceptors (Lipinski definition) is 4. The SMILES string of the molecule is NNc1nc(Nc2cc(F)ccc2Br)c(F)cc1F. The number of nitrogen functional groups attached to an aromatic ring is 1. The highest BCUT2D eigenvalue weighted by molar-refractivity contribution is 9.10. The van der Waals surface area contributed by atoms with Crippen LogP contribution in [-0.2, 0) is 0 Å². The Morgan fingerprint density at radius 3 is 2.42 bits per heavy atom. The fourth-order valence-electron chi connectivity index (χ4n) is 1.38. The maximum absolute atomic E-state index is 13.5. The highest BCUT2D eigenvalue weighted by Gasteiger charge is 2.12. The Morgan fingerprint density at radius 2 is 1.74 bits per heavy atom. The summed E-state index contributed by atoms with van der Waals surface area (Å²) in [6.45, 7) is 0. The molecule has 1 heterocycles. The van der Waals surface area contributed by atoms with E-state index in [0.29, 0.717) is 10.5 Å². The van der Waals surface area contributed by atoms with E-state index in [1.165, 1.54) is 12.1 Å². The first-order valence-electron chi connectivity index (χ1n) is 5.06. The van der Waals surface area contributed by atoms with Crippen molar-refractivity contribution in [3.8, 4) is 0 Å². The average Bonchev–Trinajstić information content (AvgIpc) is 2.37. The molecular weight excluding hydrogens is 325 g/mol. The van der Waals surface area contributed by atoms with Gasteiger partial charge in [0.2, 0.25) is 0 Å². The molecule has 0 aliphatic heterocycles. The van der Waals surface area contributed by atoms with Gasteiger partial charge >= 0.3 is 0 Å². The molecule has 4 nitrogen and oxygen atoms in total. The first-order valence-corrected chi connectivity index (χ1v) is 5.85. The highest BCUT2D eigenvalue weighted by Crippen LogP contribution is 2.28. The van der Waals surface area contributed by atoms with Gasteiger partial charge in [-0.15, -0.1) is 0 Å². The van der Waals surface area contributed by atoms with Gasteiger partial charge in [-0.1, -0.05) is 0 Å². The van der Waals surface area contributed by atoms with Crippen molar-refractivity contribution in [3.63, 3.8) is 0 Å². The van der Waals surface area contributed by atoms with Crippen LogP contribution in [0.3, 0.4) is 0 Å². The van der Waals surface area contributed by atoms with Crippen molar-refractivity contribution >= 4 is 33.3 Å². The molecule has 8 heteroatoms. The van der Waals surface area contributed by atoms with Crippen molar-refractivity contribution in [3.05, 3.63) is 46.2 Å². The number of rotatable bonds is 3. The normalized spacial score (nSPS) is 10.4. The van der Waals surface area contributed by atoms with Crippen LogP contribution in [0.4, 0.5) is 30.5 Å². The van der Waals surface area contributed by atoms with Crippen molar-refractivity contribution in [2.45, 2.75) is 0 Å². The zero-order valence-electron chi connectivity index (χ0n) is 9.35. The number of nitrogens with one attached hydrogen (secondary N) is 2. The molecule has 0 bridgehead atoms. The fourth-order valence-corrected chi connectivity index (χ4v) is 1.72. The molecule has 0 atom stereocenters. The lowest BCUT2D eigenvalue weighted by Gasteiger charge is -2.10. The van der Waals surface area contributed by atoms with E-state index >= 15 is 0 Å². The van der Waals surface area contributed by atoms with E-state index in [1.807, 2.05) is 5.43 Å². The van der Waals surface area contributed by atoms with Crippen LogP contribution in [-0.4, -0.2) is 4.98 Å². The molecule has 2 aromatic rings. The van der Waals surface area contributed by atoms with Gasteiger partial charge in [0.1, 0.15) is 5.82 Å². The Bertz CT molecular complexity index is 621. The van der Waals surface area contributed by atoms with Crippen LogP contribution in [0.1, 0.15) is 0 Å². The summed E-state index contributed by atoms with van der Waals surface area (Å²) in [5.41, 5.74) is 2.25. The van der Waals surface area contributed by atoms with Crippen molar-refractivity contribution in [2.24, 2.45) is 5.84 Å². The Kier molecular flexibility index (Phi) is 3.91. The van der Waals surface area contributed by atoms with Gasteiger partial charge in [0.15, 0.2) is 23.3 Å². The van der Waals surface area contributed by atoms with E-state index in [4.69, 9.17) is 5.84 Å². The summed E-state index contributed by atoms with van der Waals surface area (Å²) in [7, 11) is 0. The second kappa shape index (κ2) is 5.45. The van der Waals surface area contributed by atoms with Crippen LogP contribution in [0.5, 0.6) is 0 Å². The van der Waals surface area contributed by atoms with Crippen molar-refractivity contribution in [2.75, 3.05) is 10.7 Å². The lowest BCUT2D eigenvalue weighted by molar-refractivity contribution is 0.579. The van der Waals surface area contributed by atoms with Gasteiger partial charge in [-0.25, -0.2) is 24.0 Å². The standard InChI is InChI=1S/C11H8BrF3N4/c12-6-2-1-5(13)3-9(6)17-10-7(14)4-8(15)11(18-10)19-16/h1-4H,16H2,(H2,17,18,19). The minimum absolute atomic E-state index is 0.251. The summed E-state index contributed by atoms with van der Waals surface area (Å²) in [6, 6.07) is 4.44. The number of hydrogen-bond donors (Lipinski definition) is 3. The van der Waals surface area contributed by atoms with E-state index in [-0.39, 0.29) is 17.3 Å². The van der Waals surface area contributed by atoms with Crippen LogP contribution in [0.15, 0.2) is 28.7 Å². The van der Waals surface area contributed by atoms with Crippen LogP contribution in [0.2, 0.25) is 0 Å². The number of pyridine rings is 1. The third kappa shape index (κ3) is 2.96. The van der Waals surface area contributed by atoms with E-state index in [1.54, 1.807) is 0 Å². The largest absolute Gasteiger partial charge is 0.337 e. The van der Waals surface area contributed by atoms with Crippen LogP contribution in [0.25, 0.3) is 0 Å². The molecule has 0 aliphatic carbocycles. The molecule has 0 aliphatic rings. The Hall–Kier alpha value is -1.80. The minimum atomic E-state index is -0.927. The third-order valence-corrected chi connectivity index (χ3v) is 2.94. The van der Waals surface area contributed by atoms with Gasteiger partial charge < -0.3 is 10.7 Å². The maximum atomic E-state index is 13.5. The number of nitrogens with zero attached hydrogens (tertiary/aromatic N) is 1. The van der Waals surface area contributed by atoms with Crippen molar-refractivity contribution in [1.29, 1.82) is 0 Å². The third-order valence-electron chi connectivity index (χ3n) is 2.25. The first kappa shape index (κ1) is 13.6. The highest BCUT2D eigenvalue weighted by atomic mass is 79.9. The van der Waals surface area contributed by atoms with Crippen molar-refractivity contribution in [1.82, 2.24) is 4.98 Å². The quantitative estimate of drug-likeness (QED) is 0.596. The van der Waals surface area contributed by atoms with E-state index < -0.39 is 17.5 Å². The second-order valence-electron chi connectivity index (χ2n) is 3.54. The lowest BCUT2D eigenvalue weighted by Crippen LogP contribution is -2.12. The van der Waals surface area contributed by atoms with Gasteiger partial charge in [0.05, 0.1) is 5.69 Å². The van der Waals surface area contributed by atoms with Crippen LogP contribution < -0.4 is 16.6 Å². The summed E-state index contributed by atoms with van der Waals surface area (Å²) < 4.78 is 40.3. The smallest absolute Gasteiger partial charge is 0.178 e. The molecule has 1 aromatic carbocycles. The summed E-state index contributed by atoms with van der Waals surface area (Å²) >= 11 is 3.17. The maximum Gasteiger partial charge on any atom is 0.178 e. The molecule has 0 unspecified atom stereocenters. The zero-order chi connectivity index (χ0) is 14.0. The molecule has 0 saturated carbocycles. The lowest BCUT2D eigenvalue weighted by atomic mass is 10.3. The summed E-state index contributed by atoms with van der Waals surface area (Å²) in [5, 5.41) is 2.55. The van der Waals surface area contributed by atoms with Gasteiger partial charge in [-0.05, 0) is 34.1 Å². The van der Waals surface area contributed by atoms with Gasteiger partial charge in [-0.2, -0.15) is 0 Å². The van der Waals surface area contributed by atoms with Gasteiger partial charge in [0, 0.05) is 10.5 Å². The molecule has 0 amide bonds. The molecule has 19 heavy (non-hydrogen) atoms.